The van der Waals surface area contributed by atoms with Gasteiger partial charge in [0, 0.05) is 18.1 Å². The van der Waals surface area contributed by atoms with Gasteiger partial charge in [-0.2, -0.15) is 0 Å². The Morgan fingerprint density at radius 2 is 1.67 bits per heavy atom. The van der Waals surface area contributed by atoms with E-state index in [1.165, 1.54) is 0 Å². The van der Waals surface area contributed by atoms with Gasteiger partial charge >= 0.3 is 0 Å². The lowest BCUT2D eigenvalue weighted by atomic mass is 10.0. The van der Waals surface area contributed by atoms with Crippen LogP contribution in [-0.4, -0.2) is 36.7 Å². The molecular formula is C10H20N2O2S. The van der Waals surface area contributed by atoms with Crippen LogP contribution in [0.5, 0.6) is 0 Å². The molecule has 0 aromatic carbocycles. The lowest BCUT2D eigenvalue weighted by molar-refractivity contribution is 0.106. The van der Waals surface area contributed by atoms with Crippen molar-refractivity contribution in [1.82, 2.24) is 4.90 Å². The molecular weight excluding hydrogens is 212 g/mol. The molecule has 2 aliphatic rings. The van der Waals surface area contributed by atoms with Crippen molar-refractivity contribution in [3.63, 3.8) is 0 Å². The smallest absolute Gasteiger partial charge is 0.212 e. The minimum absolute atomic E-state index is 0.301. The standard InChI is InChI=1S/C10H20N2O2S/c1-7(2)12-8-3-4-9(12)6-10(5-8)15(11,13)14/h7-10H,3-6H2,1-2H3,(H2,11,13,14). The summed E-state index contributed by atoms with van der Waals surface area (Å²) in [6, 6.07) is 1.39. The molecule has 0 amide bonds. The fraction of sp³-hybridized carbons (Fsp3) is 1.00. The van der Waals surface area contributed by atoms with Crippen LogP contribution in [0.2, 0.25) is 0 Å². The van der Waals surface area contributed by atoms with E-state index in [1.54, 1.807) is 0 Å². The fourth-order valence-electron chi connectivity index (χ4n) is 3.27. The highest BCUT2D eigenvalue weighted by Gasteiger charge is 2.44. The van der Waals surface area contributed by atoms with Crippen molar-refractivity contribution in [3.05, 3.63) is 0 Å². The zero-order chi connectivity index (χ0) is 11.2. The normalized spacial score (nSPS) is 37.5. The second kappa shape index (κ2) is 3.71. The van der Waals surface area contributed by atoms with Gasteiger partial charge in [-0.3, -0.25) is 4.90 Å². The van der Waals surface area contributed by atoms with Crippen molar-refractivity contribution in [2.24, 2.45) is 5.14 Å². The Labute approximate surface area is 91.9 Å². The van der Waals surface area contributed by atoms with Gasteiger partial charge in [0.05, 0.1) is 5.25 Å². The molecule has 0 aromatic rings. The van der Waals surface area contributed by atoms with Crippen LogP contribution in [-0.2, 0) is 10.0 Å². The van der Waals surface area contributed by atoms with E-state index in [2.05, 4.69) is 18.7 Å². The molecule has 2 saturated heterocycles. The maximum absolute atomic E-state index is 11.3. The maximum atomic E-state index is 11.3. The average molecular weight is 232 g/mol. The number of sulfonamides is 1. The summed E-state index contributed by atoms with van der Waals surface area (Å²) in [6.07, 6.45) is 3.73. The maximum Gasteiger partial charge on any atom is 0.212 e. The summed E-state index contributed by atoms with van der Waals surface area (Å²) in [6.45, 7) is 4.37. The molecule has 2 atom stereocenters. The van der Waals surface area contributed by atoms with Gasteiger partial charge in [0.25, 0.3) is 0 Å². The van der Waals surface area contributed by atoms with Crippen LogP contribution in [0.4, 0.5) is 0 Å². The van der Waals surface area contributed by atoms with Crippen molar-refractivity contribution >= 4 is 10.0 Å². The molecule has 2 bridgehead atoms. The first-order valence-electron chi connectivity index (χ1n) is 5.68. The Morgan fingerprint density at radius 1 is 1.20 bits per heavy atom. The van der Waals surface area contributed by atoms with Crippen molar-refractivity contribution in [3.8, 4) is 0 Å². The van der Waals surface area contributed by atoms with Crippen molar-refractivity contribution in [2.45, 2.75) is 62.9 Å². The Kier molecular flexibility index (Phi) is 2.81. The van der Waals surface area contributed by atoms with Gasteiger partial charge in [0.1, 0.15) is 0 Å². The molecule has 2 heterocycles. The Balaban J connectivity index is 2.15. The average Bonchev–Trinajstić information content (AvgIpc) is 2.35. The Bertz CT molecular complexity index is 325. The zero-order valence-electron chi connectivity index (χ0n) is 9.39. The van der Waals surface area contributed by atoms with Gasteiger partial charge in [-0.1, -0.05) is 0 Å². The third kappa shape index (κ3) is 2.05. The molecule has 88 valence electrons. The topological polar surface area (TPSA) is 63.4 Å². The fourth-order valence-corrected chi connectivity index (χ4v) is 4.26. The second-order valence-electron chi connectivity index (χ2n) is 5.11. The number of hydrogen-bond acceptors (Lipinski definition) is 3. The van der Waals surface area contributed by atoms with E-state index < -0.39 is 10.0 Å². The quantitative estimate of drug-likeness (QED) is 0.761. The minimum atomic E-state index is -3.33. The van der Waals surface area contributed by atoms with Crippen LogP contribution in [0.3, 0.4) is 0 Å². The second-order valence-corrected chi connectivity index (χ2v) is 6.95. The lowest BCUT2D eigenvalue weighted by Gasteiger charge is -2.40. The van der Waals surface area contributed by atoms with Crippen molar-refractivity contribution in [1.29, 1.82) is 0 Å². The number of primary sulfonamides is 1. The summed E-state index contributed by atoms with van der Waals surface area (Å²) in [7, 11) is -3.33. The molecule has 2 rings (SSSR count). The van der Waals surface area contributed by atoms with Gasteiger partial charge in [0.15, 0.2) is 0 Å². The van der Waals surface area contributed by atoms with E-state index in [4.69, 9.17) is 5.14 Å². The van der Waals surface area contributed by atoms with Crippen LogP contribution in [0.15, 0.2) is 0 Å². The molecule has 2 N–H and O–H groups in total. The lowest BCUT2D eigenvalue weighted by Crippen LogP contribution is -2.50. The molecule has 2 fully saturated rings. The van der Waals surface area contributed by atoms with Gasteiger partial charge in [-0.15, -0.1) is 0 Å². The van der Waals surface area contributed by atoms with Gasteiger partial charge < -0.3 is 0 Å². The summed E-state index contributed by atoms with van der Waals surface area (Å²) in [5, 5.41) is 4.94. The monoisotopic (exact) mass is 232 g/mol. The Hall–Kier alpha value is -0.130. The summed E-state index contributed by atoms with van der Waals surface area (Å²) in [5.41, 5.74) is 0. The molecule has 5 heteroatoms. The summed E-state index contributed by atoms with van der Waals surface area (Å²) in [4.78, 5) is 2.47. The van der Waals surface area contributed by atoms with Gasteiger partial charge in [-0.05, 0) is 39.5 Å². The summed E-state index contributed by atoms with van der Waals surface area (Å²) >= 11 is 0. The molecule has 15 heavy (non-hydrogen) atoms. The van der Waals surface area contributed by atoms with Crippen LogP contribution in [0, 0.1) is 0 Å². The van der Waals surface area contributed by atoms with E-state index >= 15 is 0 Å². The van der Waals surface area contributed by atoms with Crippen LogP contribution in [0.1, 0.15) is 39.5 Å². The van der Waals surface area contributed by atoms with E-state index in [0.29, 0.717) is 18.1 Å². The van der Waals surface area contributed by atoms with E-state index in [0.717, 1.165) is 25.7 Å². The highest BCUT2D eigenvalue weighted by Crippen LogP contribution is 2.38. The molecule has 2 aliphatic heterocycles. The molecule has 0 spiro atoms. The van der Waals surface area contributed by atoms with Crippen LogP contribution >= 0.6 is 0 Å². The van der Waals surface area contributed by atoms with Gasteiger partial charge in [0.2, 0.25) is 10.0 Å². The van der Waals surface area contributed by atoms with E-state index in [9.17, 15) is 8.42 Å². The highest BCUT2D eigenvalue weighted by molar-refractivity contribution is 7.89. The summed E-state index contributed by atoms with van der Waals surface area (Å²) < 4.78 is 22.7. The molecule has 2 unspecified atom stereocenters. The third-order valence-electron chi connectivity index (χ3n) is 3.81. The van der Waals surface area contributed by atoms with Crippen LogP contribution in [0.25, 0.3) is 0 Å². The number of hydrogen-bond donors (Lipinski definition) is 1. The molecule has 0 aromatic heterocycles. The van der Waals surface area contributed by atoms with Crippen molar-refractivity contribution in [2.75, 3.05) is 0 Å². The molecule has 0 saturated carbocycles. The van der Waals surface area contributed by atoms with Crippen LogP contribution < -0.4 is 5.14 Å². The highest BCUT2D eigenvalue weighted by atomic mass is 32.2. The molecule has 0 radical (unpaired) electrons. The SMILES string of the molecule is CC(C)N1C2CCC1CC(S(N)(=O)=O)C2. The first kappa shape index (κ1) is 11.4. The minimum Gasteiger partial charge on any atom is -0.295 e. The number of rotatable bonds is 2. The third-order valence-corrected chi connectivity index (χ3v) is 5.12. The number of piperidine rings is 1. The predicted octanol–water partition coefficient (Wildman–Crippen LogP) is 0.679. The number of nitrogens with two attached hydrogens (primary N) is 1. The van der Waals surface area contributed by atoms with Gasteiger partial charge in [-0.25, -0.2) is 13.6 Å². The number of fused-ring (bicyclic) bond motifs is 2. The first-order chi connectivity index (χ1) is 6.89. The predicted molar refractivity (Wildman–Crippen MR) is 59.9 cm³/mol. The molecule has 4 nitrogen and oxygen atoms in total. The van der Waals surface area contributed by atoms with Crippen molar-refractivity contribution < 1.29 is 8.42 Å². The summed E-state index contributed by atoms with van der Waals surface area (Å²) in [5.74, 6) is 0. The molecule has 0 aliphatic carbocycles. The Morgan fingerprint density at radius 3 is 2.00 bits per heavy atom. The van der Waals surface area contributed by atoms with E-state index in [-0.39, 0.29) is 5.25 Å². The largest absolute Gasteiger partial charge is 0.295 e. The van der Waals surface area contributed by atoms with E-state index in [1.807, 2.05) is 0 Å². The number of nitrogens with zero attached hydrogens (tertiary/aromatic N) is 1. The first-order valence-corrected chi connectivity index (χ1v) is 7.29. The zero-order valence-corrected chi connectivity index (χ0v) is 10.2.